The third-order valence-electron chi connectivity index (χ3n) is 2.22. The van der Waals surface area contributed by atoms with Crippen molar-refractivity contribution in [3.05, 3.63) is 36.9 Å². The van der Waals surface area contributed by atoms with Crippen LogP contribution in [0.4, 0.5) is 0 Å². The Hall–Kier alpha value is -1.43. The van der Waals surface area contributed by atoms with Gasteiger partial charge in [-0.25, -0.2) is 4.98 Å². The van der Waals surface area contributed by atoms with Gasteiger partial charge in [0.05, 0.1) is 11.2 Å². The SMILES string of the molecule is Cc1nc2[nH]c(=O)c(=O)n(C)c2cc1Br. The number of rotatable bonds is 0. The number of nitrogens with zero attached hydrogens (tertiary/aromatic N) is 2. The van der Waals surface area contributed by atoms with Gasteiger partial charge < -0.3 is 9.55 Å². The van der Waals surface area contributed by atoms with E-state index >= 15 is 0 Å². The van der Waals surface area contributed by atoms with Crippen molar-refractivity contribution in [2.75, 3.05) is 0 Å². The van der Waals surface area contributed by atoms with Gasteiger partial charge in [-0.05, 0) is 28.9 Å². The molecule has 0 fully saturated rings. The van der Waals surface area contributed by atoms with Gasteiger partial charge in [0.2, 0.25) is 0 Å². The molecule has 0 aromatic carbocycles. The zero-order valence-corrected chi connectivity index (χ0v) is 9.75. The maximum Gasteiger partial charge on any atom is 0.316 e. The first-order chi connectivity index (χ1) is 7.00. The van der Waals surface area contributed by atoms with Gasteiger partial charge in [-0.3, -0.25) is 9.59 Å². The van der Waals surface area contributed by atoms with E-state index in [9.17, 15) is 9.59 Å². The van der Waals surface area contributed by atoms with E-state index in [2.05, 4.69) is 25.9 Å². The molecule has 2 aromatic heterocycles. The Bertz CT molecular complexity index is 657. The number of aromatic amines is 1. The third-order valence-corrected chi connectivity index (χ3v) is 3.03. The zero-order valence-electron chi connectivity index (χ0n) is 8.17. The number of fused-ring (bicyclic) bond motifs is 1. The van der Waals surface area contributed by atoms with Crippen molar-refractivity contribution >= 4 is 27.1 Å². The Morgan fingerprint density at radius 1 is 1.47 bits per heavy atom. The molecule has 0 bridgehead atoms. The van der Waals surface area contributed by atoms with Crippen LogP contribution in [0.3, 0.4) is 0 Å². The molecule has 0 aliphatic rings. The summed E-state index contributed by atoms with van der Waals surface area (Å²) in [6.07, 6.45) is 0. The van der Waals surface area contributed by atoms with E-state index < -0.39 is 11.1 Å². The monoisotopic (exact) mass is 269 g/mol. The Morgan fingerprint density at radius 2 is 2.13 bits per heavy atom. The predicted octanol–water partition coefficient (Wildman–Crippen LogP) is 0.693. The van der Waals surface area contributed by atoms with Gasteiger partial charge in [-0.2, -0.15) is 0 Å². The van der Waals surface area contributed by atoms with Crippen molar-refractivity contribution in [3.8, 4) is 0 Å². The summed E-state index contributed by atoms with van der Waals surface area (Å²) in [6, 6.07) is 1.76. The number of hydrogen-bond acceptors (Lipinski definition) is 3. The third kappa shape index (κ3) is 1.50. The summed E-state index contributed by atoms with van der Waals surface area (Å²) in [4.78, 5) is 29.2. The molecule has 0 saturated carbocycles. The summed E-state index contributed by atoms with van der Waals surface area (Å²) < 4.78 is 2.09. The highest BCUT2D eigenvalue weighted by Crippen LogP contribution is 2.17. The second kappa shape index (κ2) is 3.30. The minimum absolute atomic E-state index is 0.419. The largest absolute Gasteiger partial charge is 0.316 e. The summed E-state index contributed by atoms with van der Waals surface area (Å²) in [5, 5.41) is 0. The van der Waals surface area contributed by atoms with E-state index in [4.69, 9.17) is 0 Å². The number of pyridine rings is 1. The van der Waals surface area contributed by atoms with Crippen LogP contribution in [0.2, 0.25) is 0 Å². The highest BCUT2D eigenvalue weighted by atomic mass is 79.9. The highest BCUT2D eigenvalue weighted by Gasteiger charge is 2.07. The molecule has 5 nitrogen and oxygen atoms in total. The minimum Gasteiger partial charge on any atom is -0.304 e. The molecule has 78 valence electrons. The number of nitrogens with one attached hydrogen (secondary N) is 1. The molecule has 15 heavy (non-hydrogen) atoms. The molecule has 2 rings (SSSR count). The molecule has 0 atom stereocenters. The summed E-state index contributed by atoms with van der Waals surface area (Å²) in [6.45, 7) is 1.81. The van der Waals surface area contributed by atoms with E-state index in [0.717, 1.165) is 10.2 Å². The first-order valence-electron chi connectivity index (χ1n) is 4.27. The molecular weight excluding hydrogens is 262 g/mol. The number of halogens is 1. The molecule has 0 aliphatic carbocycles. The zero-order chi connectivity index (χ0) is 11.2. The smallest absolute Gasteiger partial charge is 0.304 e. The van der Waals surface area contributed by atoms with Crippen molar-refractivity contribution in [2.45, 2.75) is 6.92 Å². The lowest BCUT2D eigenvalue weighted by Crippen LogP contribution is -2.35. The lowest BCUT2D eigenvalue weighted by Gasteiger charge is -2.05. The van der Waals surface area contributed by atoms with Crippen LogP contribution >= 0.6 is 15.9 Å². The molecule has 2 heterocycles. The lowest BCUT2D eigenvalue weighted by molar-refractivity contribution is 0.866. The maximum absolute atomic E-state index is 11.4. The van der Waals surface area contributed by atoms with E-state index in [1.165, 1.54) is 4.57 Å². The highest BCUT2D eigenvalue weighted by molar-refractivity contribution is 9.10. The van der Waals surface area contributed by atoms with Gasteiger partial charge in [0.1, 0.15) is 0 Å². The fourth-order valence-corrected chi connectivity index (χ4v) is 1.65. The molecule has 0 saturated heterocycles. The van der Waals surface area contributed by atoms with Crippen LogP contribution in [0.5, 0.6) is 0 Å². The standard InChI is InChI=1S/C9H8BrN3O2/c1-4-5(10)3-6-7(11-4)12-8(14)9(15)13(6)2/h3H,1-2H3,(H,11,12,14). The summed E-state index contributed by atoms with van der Waals surface area (Å²) in [5.74, 6) is 0. The molecule has 0 unspecified atom stereocenters. The van der Waals surface area contributed by atoms with Crippen molar-refractivity contribution in [3.63, 3.8) is 0 Å². The minimum atomic E-state index is -0.653. The second-order valence-electron chi connectivity index (χ2n) is 3.24. The predicted molar refractivity (Wildman–Crippen MR) is 60.0 cm³/mol. The average molecular weight is 270 g/mol. The lowest BCUT2D eigenvalue weighted by atomic mass is 10.3. The molecule has 1 N–H and O–H groups in total. The second-order valence-corrected chi connectivity index (χ2v) is 4.10. The first kappa shape index (κ1) is 10.1. The first-order valence-corrected chi connectivity index (χ1v) is 5.06. The van der Waals surface area contributed by atoms with E-state index in [1.54, 1.807) is 13.1 Å². The summed E-state index contributed by atoms with van der Waals surface area (Å²) in [5.41, 5.74) is 0.538. The Kier molecular flexibility index (Phi) is 2.22. The summed E-state index contributed by atoms with van der Waals surface area (Å²) in [7, 11) is 1.54. The van der Waals surface area contributed by atoms with Crippen molar-refractivity contribution in [2.24, 2.45) is 7.05 Å². The van der Waals surface area contributed by atoms with Crippen LogP contribution in [-0.4, -0.2) is 14.5 Å². The molecule has 6 heteroatoms. The van der Waals surface area contributed by atoms with Crippen LogP contribution in [-0.2, 0) is 7.05 Å². The quantitative estimate of drug-likeness (QED) is 0.716. The van der Waals surface area contributed by atoms with Gasteiger partial charge in [-0.1, -0.05) is 0 Å². The van der Waals surface area contributed by atoms with E-state index in [0.29, 0.717) is 11.2 Å². The Labute approximate surface area is 92.9 Å². The fraction of sp³-hybridized carbons (Fsp3) is 0.222. The Balaban J connectivity index is 3.06. The Morgan fingerprint density at radius 3 is 2.80 bits per heavy atom. The normalized spacial score (nSPS) is 10.9. The molecule has 0 radical (unpaired) electrons. The van der Waals surface area contributed by atoms with Gasteiger partial charge in [0, 0.05) is 11.5 Å². The van der Waals surface area contributed by atoms with Gasteiger partial charge in [-0.15, -0.1) is 0 Å². The van der Waals surface area contributed by atoms with Crippen LogP contribution in [0.15, 0.2) is 20.1 Å². The number of aromatic nitrogens is 3. The number of aryl methyl sites for hydroxylation is 2. The molecule has 2 aromatic rings. The van der Waals surface area contributed by atoms with Gasteiger partial charge in [0.15, 0.2) is 5.65 Å². The van der Waals surface area contributed by atoms with E-state index in [1.807, 2.05) is 6.92 Å². The van der Waals surface area contributed by atoms with Crippen LogP contribution in [0.25, 0.3) is 11.2 Å². The van der Waals surface area contributed by atoms with Crippen molar-refractivity contribution < 1.29 is 0 Å². The fourth-order valence-electron chi connectivity index (χ4n) is 1.34. The molecule has 0 aliphatic heterocycles. The van der Waals surface area contributed by atoms with Gasteiger partial charge in [0.25, 0.3) is 0 Å². The van der Waals surface area contributed by atoms with E-state index in [-0.39, 0.29) is 0 Å². The number of H-pyrrole nitrogens is 1. The molecule has 0 spiro atoms. The number of hydrogen-bond donors (Lipinski definition) is 1. The van der Waals surface area contributed by atoms with Gasteiger partial charge >= 0.3 is 11.1 Å². The van der Waals surface area contributed by atoms with Crippen molar-refractivity contribution in [1.29, 1.82) is 0 Å². The molecular formula is C9H8BrN3O2. The van der Waals surface area contributed by atoms with Crippen LogP contribution in [0, 0.1) is 6.92 Å². The summed E-state index contributed by atoms with van der Waals surface area (Å²) >= 11 is 3.32. The van der Waals surface area contributed by atoms with Crippen LogP contribution < -0.4 is 11.1 Å². The van der Waals surface area contributed by atoms with Crippen LogP contribution in [0.1, 0.15) is 5.69 Å². The maximum atomic E-state index is 11.4. The average Bonchev–Trinajstić information content (AvgIpc) is 2.19. The molecule has 0 amide bonds. The van der Waals surface area contributed by atoms with Crippen molar-refractivity contribution in [1.82, 2.24) is 14.5 Å². The topological polar surface area (TPSA) is 67.8 Å².